The van der Waals surface area contributed by atoms with Gasteiger partial charge in [-0.3, -0.25) is 14.4 Å². The number of carbonyl (C=O) groups excluding carboxylic acids is 3. The maximum Gasteiger partial charge on any atom is 0.326 e. The molecule has 172 valence electrons. The van der Waals surface area contributed by atoms with Crippen molar-refractivity contribution < 1.29 is 29.4 Å². The number of hydrogen-bond acceptors (Lipinski definition) is 8. The Balaban J connectivity index is 2.86. The van der Waals surface area contributed by atoms with Gasteiger partial charge in [-0.25, -0.2) is 4.79 Å². The van der Waals surface area contributed by atoms with Crippen LogP contribution >= 0.6 is 25.3 Å². The summed E-state index contributed by atoms with van der Waals surface area (Å²) < 4.78 is 0. The lowest BCUT2D eigenvalue weighted by molar-refractivity contribution is -0.143. The molecule has 0 aliphatic carbocycles. The van der Waals surface area contributed by atoms with Crippen LogP contribution in [-0.2, 0) is 25.6 Å². The van der Waals surface area contributed by atoms with Gasteiger partial charge in [-0.05, 0) is 12.5 Å². The molecule has 0 spiro atoms. The summed E-state index contributed by atoms with van der Waals surface area (Å²) in [6, 6.07) is 3.87. The Morgan fingerprint density at radius 2 is 1.52 bits per heavy atom. The minimum absolute atomic E-state index is 0.0132. The second-order valence-corrected chi connectivity index (χ2v) is 7.58. The Morgan fingerprint density at radius 1 is 0.935 bits per heavy atom. The number of amides is 3. The first kappa shape index (κ1) is 26.8. The van der Waals surface area contributed by atoms with Crippen molar-refractivity contribution in [1.82, 2.24) is 16.0 Å². The monoisotopic (exact) mass is 472 g/mol. The molecular formula is C19H28N4O6S2. The Hall–Kier alpha value is -2.28. The first-order valence-corrected chi connectivity index (χ1v) is 10.7. The molecule has 31 heavy (non-hydrogen) atoms. The maximum absolute atomic E-state index is 12.6. The lowest BCUT2D eigenvalue weighted by atomic mass is 10.0. The minimum atomic E-state index is -1.46. The highest BCUT2D eigenvalue weighted by Gasteiger charge is 2.32. The van der Waals surface area contributed by atoms with E-state index in [1.54, 1.807) is 30.3 Å². The SMILES string of the molecule is CC(O)C(NC(=O)C(CS)NC(=O)C(N)CS)C(=O)NC(Cc1ccccc1)C(=O)O. The number of aliphatic hydroxyl groups excluding tert-OH is 1. The van der Waals surface area contributed by atoms with E-state index >= 15 is 0 Å². The zero-order chi connectivity index (χ0) is 23.6. The van der Waals surface area contributed by atoms with Gasteiger partial charge in [0, 0.05) is 17.9 Å². The van der Waals surface area contributed by atoms with Crippen molar-refractivity contribution in [2.75, 3.05) is 11.5 Å². The number of rotatable bonds is 12. The Labute approximate surface area is 191 Å². The molecule has 5 unspecified atom stereocenters. The van der Waals surface area contributed by atoms with Crippen LogP contribution in [0, 0.1) is 0 Å². The summed E-state index contributed by atoms with van der Waals surface area (Å²) in [5.74, 6) is -3.61. The molecule has 5 atom stereocenters. The number of carboxylic acid groups (broad SMARTS) is 1. The molecule has 0 saturated heterocycles. The van der Waals surface area contributed by atoms with E-state index in [1.165, 1.54) is 6.92 Å². The molecule has 0 aliphatic heterocycles. The van der Waals surface area contributed by atoms with Gasteiger partial charge in [-0.1, -0.05) is 30.3 Å². The lowest BCUT2D eigenvalue weighted by Gasteiger charge is -2.26. The minimum Gasteiger partial charge on any atom is -0.480 e. The van der Waals surface area contributed by atoms with Crippen LogP contribution in [0.25, 0.3) is 0 Å². The third-order valence-corrected chi connectivity index (χ3v) is 5.07. The fraction of sp³-hybridized carbons (Fsp3) is 0.474. The van der Waals surface area contributed by atoms with Gasteiger partial charge in [-0.2, -0.15) is 25.3 Å². The van der Waals surface area contributed by atoms with Crippen LogP contribution in [0.4, 0.5) is 0 Å². The molecule has 0 radical (unpaired) electrons. The molecule has 10 nitrogen and oxygen atoms in total. The topological polar surface area (TPSA) is 171 Å². The summed E-state index contributed by atoms with van der Waals surface area (Å²) in [6.07, 6.45) is -1.33. The van der Waals surface area contributed by atoms with Gasteiger partial charge in [0.05, 0.1) is 12.1 Å². The van der Waals surface area contributed by atoms with Crippen molar-refractivity contribution in [3.05, 3.63) is 35.9 Å². The maximum atomic E-state index is 12.6. The molecule has 0 aromatic heterocycles. The molecule has 0 saturated carbocycles. The number of nitrogens with one attached hydrogen (secondary N) is 3. The summed E-state index contributed by atoms with van der Waals surface area (Å²) in [5, 5.41) is 26.5. The van der Waals surface area contributed by atoms with E-state index in [-0.39, 0.29) is 17.9 Å². The van der Waals surface area contributed by atoms with E-state index in [2.05, 4.69) is 41.2 Å². The Morgan fingerprint density at radius 3 is 2.00 bits per heavy atom. The molecule has 0 heterocycles. The fourth-order valence-corrected chi connectivity index (χ4v) is 2.95. The molecule has 0 bridgehead atoms. The number of thiol groups is 2. The second kappa shape index (κ2) is 13.2. The highest BCUT2D eigenvalue weighted by atomic mass is 32.1. The zero-order valence-electron chi connectivity index (χ0n) is 16.9. The predicted molar refractivity (Wildman–Crippen MR) is 121 cm³/mol. The van der Waals surface area contributed by atoms with E-state index < -0.39 is 54.0 Å². The third kappa shape index (κ3) is 8.77. The highest BCUT2D eigenvalue weighted by molar-refractivity contribution is 7.80. The summed E-state index contributed by atoms with van der Waals surface area (Å²) >= 11 is 7.93. The van der Waals surface area contributed by atoms with Gasteiger partial charge in [-0.15, -0.1) is 0 Å². The average molecular weight is 473 g/mol. The molecule has 0 aliphatic rings. The summed E-state index contributed by atoms with van der Waals surface area (Å²) in [4.78, 5) is 48.6. The van der Waals surface area contributed by atoms with Crippen molar-refractivity contribution in [3.8, 4) is 0 Å². The smallest absolute Gasteiger partial charge is 0.326 e. The van der Waals surface area contributed by atoms with Crippen molar-refractivity contribution in [2.24, 2.45) is 5.73 Å². The van der Waals surface area contributed by atoms with E-state index in [0.29, 0.717) is 5.56 Å². The van der Waals surface area contributed by atoms with Gasteiger partial charge in [0.2, 0.25) is 17.7 Å². The van der Waals surface area contributed by atoms with Gasteiger partial charge < -0.3 is 31.9 Å². The van der Waals surface area contributed by atoms with Gasteiger partial charge in [0.25, 0.3) is 0 Å². The summed E-state index contributed by atoms with van der Waals surface area (Å²) in [7, 11) is 0. The molecule has 0 fully saturated rings. The van der Waals surface area contributed by atoms with Crippen LogP contribution in [-0.4, -0.2) is 75.7 Å². The number of benzene rings is 1. The largest absolute Gasteiger partial charge is 0.480 e. The highest BCUT2D eigenvalue weighted by Crippen LogP contribution is 2.05. The molecule has 1 aromatic carbocycles. The zero-order valence-corrected chi connectivity index (χ0v) is 18.7. The lowest BCUT2D eigenvalue weighted by Crippen LogP contribution is -2.60. The fourth-order valence-electron chi connectivity index (χ4n) is 2.53. The van der Waals surface area contributed by atoms with Gasteiger partial charge in [0.15, 0.2) is 0 Å². The second-order valence-electron chi connectivity index (χ2n) is 6.85. The molecule has 1 aromatic rings. The van der Waals surface area contributed by atoms with Crippen molar-refractivity contribution in [2.45, 2.75) is 43.6 Å². The number of carboxylic acids is 1. The van der Waals surface area contributed by atoms with Crippen LogP contribution in [0.1, 0.15) is 12.5 Å². The number of aliphatic hydroxyl groups is 1. The van der Waals surface area contributed by atoms with Crippen LogP contribution in [0.2, 0.25) is 0 Å². The standard InChI is InChI=1S/C19H28N4O6S2/c1-10(24)15(23-17(26)14(9-31)22-16(25)12(20)8-30)18(27)21-13(19(28)29)7-11-5-3-2-4-6-11/h2-6,10,12-15,24,30-31H,7-9,20H2,1H3,(H,21,27)(H,22,25)(H,23,26)(H,28,29). The van der Waals surface area contributed by atoms with Crippen LogP contribution in [0.5, 0.6) is 0 Å². The van der Waals surface area contributed by atoms with E-state index in [1.807, 2.05) is 0 Å². The van der Waals surface area contributed by atoms with Crippen LogP contribution < -0.4 is 21.7 Å². The number of nitrogens with two attached hydrogens (primary N) is 1. The normalized spacial score (nSPS) is 15.6. The van der Waals surface area contributed by atoms with Crippen molar-refractivity contribution in [3.63, 3.8) is 0 Å². The van der Waals surface area contributed by atoms with E-state index in [9.17, 15) is 29.4 Å². The van der Waals surface area contributed by atoms with Crippen LogP contribution in [0.15, 0.2) is 30.3 Å². The first-order valence-electron chi connectivity index (χ1n) is 9.43. The predicted octanol–water partition coefficient (Wildman–Crippen LogP) is -1.66. The third-order valence-electron chi connectivity index (χ3n) is 4.31. The van der Waals surface area contributed by atoms with Crippen LogP contribution in [0.3, 0.4) is 0 Å². The first-order chi connectivity index (χ1) is 14.6. The van der Waals surface area contributed by atoms with Gasteiger partial charge in [0.1, 0.15) is 18.1 Å². The number of hydrogen-bond donors (Lipinski definition) is 8. The Bertz CT molecular complexity index is 765. The molecule has 1 rings (SSSR count). The summed E-state index contributed by atoms with van der Waals surface area (Å²) in [6.45, 7) is 1.27. The molecular weight excluding hydrogens is 444 g/mol. The average Bonchev–Trinajstić information content (AvgIpc) is 2.74. The van der Waals surface area contributed by atoms with Gasteiger partial charge >= 0.3 is 5.97 Å². The number of carbonyl (C=O) groups is 4. The molecule has 7 N–H and O–H groups in total. The Kier molecular flexibility index (Phi) is 11.4. The van der Waals surface area contributed by atoms with Crippen molar-refractivity contribution in [1.29, 1.82) is 0 Å². The number of aliphatic carboxylic acids is 1. The van der Waals surface area contributed by atoms with Crippen molar-refractivity contribution >= 4 is 48.9 Å². The quantitative estimate of drug-likeness (QED) is 0.168. The molecule has 12 heteroatoms. The van der Waals surface area contributed by atoms with E-state index in [0.717, 1.165) is 0 Å². The molecule has 3 amide bonds. The van der Waals surface area contributed by atoms with E-state index in [4.69, 9.17) is 5.73 Å². The summed E-state index contributed by atoms with van der Waals surface area (Å²) in [5.41, 5.74) is 6.25.